The van der Waals surface area contributed by atoms with Gasteiger partial charge in [0.25, 0.3) is 0 Å². The predicted octanol–water partition coefficient (Wildman–Crippen LogP) is 3.49. The number of hydrogen-bond donors (Lipinski definition) is 1. The van der Waals surface area contributed by atoms with Crippen LogP contribution < -0.4 is 4.90 Å². The Balaban J connectivity index is 2.94. The van der Waals surface area contributed by atoms with Gasteiger partial charge in [0.05, 0.1) is 0 Å². The molecule has 0 bridgehead atoms. The molecule has 0 aliphatic carbocycles. The van der Waals surface area contributed by atoms with E-state index in [4.69, 9.17) is 11.6 Å². The summed E-state index contributed by atoms with van der Waals surface area (Å²) in [6.07, 6.45) is 3.64. The molecule has 1 aromatic carbocycles. The molecule has 0 saturated heterocycles. The number of hydrogen-bond acceptors (Lipinski definition) is 2. The van der Waals surface area contributed by atoms with E-state index in [1.54, 1.807) is 6.07 Å². The summed E-state index contributed by atoms with van der Waals surface area (Å²) in [5.74, 6) is 0.753. The molecule has 0 spiro atoms. The van der Waals surface area contributed by atoms with Gasteiger partial charge in [0.2, 0.25) is 0 Å². The van der Waals surface area contributed by atoms with Gasteiger partial charge in [-0.1, -0.05) is 12.2 Å². The van der Waals surface area contributed by atoms with Crippen molar-refractivity contribution in [3.8, 4) is 5.75 Å². The second-order valence-corrected chi connectivity index (χ2v) is 3.78. The largest absolute Gasteiger partial charge is 0.507 e. The van der Waals surface area contributed by atoms with Crippen LogP contribution in [-0.4, -0.2) is 24.1 Å². The fourth-order valence-electron chi connectivity index (χ4n) is 1.63. The van der Waals surface area contributed by atoms with Crippen LogP contribution in [0.4, 0.5) is 5.69 Å². The molecule has 3 heteroatoms. The lowest BCUT2D eigenvalue weighted by atomic mass is 10.1. The molecular formula is C13H18ClNO. The highest BCUT2D eigenvalue weighted by Crippen LogP contribution is 2.25. The normalized spacial score (nSPS) is 10.9. The second kappa shape index (κ2) is 6.44. The Morgan fingerprint density at radius 1 is 1.31 bits per heavy atom. The van der Waals surface area contributed by atoms with E-state index in [2.05, 4.69) is 18.7 Å². The zero-order valence-corrected chi connectivity index (χ0v) is 10.5. The summed E-state index contributed by atoms with van der Waals surface area (Å²) in [4.78, 5) is 2.19. The number of anilines is 1. The minimum Gasteiger partial charge on any atom is -0.507 e. The molecule has 0 aliphatic heterocycles. The number of aromatic hydroxyl groups is 1. The zero-order chi connectivity index (χ0) is 12.0. The van der Waals surface area contributed by atoms with Crippen LogP contribution in [0.3, 0.4) is 0 Å². The average molecular weight is 240 g/mol. The van der Waals surface area contributed by atoms with Crippen molar-refractivity contribution in [2.24, 2.45) is 0 Å². The molecule has 0 heterocycles. The van der Waals surface area contributed by atoms with E-state index in [1.165, 1.54) is 0 Å². The first-order chi connectivity index (χ1) is 7.72. The quantitative estimate of drug-likeness (QED) is 0.796. The van der Waals surface area contributed by atoms with Gasteiger partial charge in [-0.05, 0) is 26.0 Å². The third-order valence-corrected chi connectivity index (χ3v) is 2.71. The minimum absolute atomic E-state index is 0.297. The van der Waals surface area contributed by atoms with Crippen molar-refractivity contribution in [2.45, 2.75) is 13.8 Å². The number of halogens is 1. The topological polar surface area (TPSA) is 23.5 Å². The highest BCUT2D eigenvalue weighted by Gasteiger charge is 2.04. The van der Waals surface area contributed by atoms with Gasteiger partial charge in [-0.2, -0.15) is 0 Å². The van der Waals surface area contributed by atoms with Crippen molar-refractivity contribution in [1.29, 1.82) is 0 Å². The van der Waals surface area contributed by atoms with Gasteiger partial charge in [0.1, 0.15) is 5.75 Å². The van der Waals surface area contributed by atoms with Gasteiger partial charge in [-0.25, -0.2) is 0 Å². The molecule has 0 atom stereocenters. The lowest BCUT2D eigenvalue weighted by molar-refractivity contribution is 0.474. The molecule has 0 radical (unpaired) electrons. The van der Waals surface area contributed by atoms with Crippen LogP contribution in [-0.2, 0) is 0 Å². The number of nitrogens with zero attached hydrogens (tertiary/aromatic N) is 1. The van der Waals surface area contributed by atoms with E-state index < -0.39 is 0 Å². The highest BCUT2D eigenvalue weighted by molar-refractivity contribution is 6.19. The number of phenolic OH excluding ortho intramolecular Hbond substituents is 1. The van der Waals surface area contributed by atoms with E-state index in [9.17, 15) is 5.11 Å². The van der Waals surface area contributed by atoms with Crippen molar-refractivity contribution >= 4 is 23.4 Å². The molecular weight excluding hydrogens is 222 g/mol. The Hall–Kier alpha value is -1.15. The fourth-order valence-corrected chi connectivity index (χ4v) is 1.72. The van der Waals surface area contributed by atoms with E-state index in [1.807, 2.05) is 24.3 Å². The molecule has 88 valence electrons. The first kappa shape index (κ1) is 12.9. The monoisotopic (exact) mass is 239 g/mol. The highest BCUT2D eigenvalue weighted by atomic mass is 35.5. The summed E-state index contributed by atoms with van der Waals surface area (Å²) in [5, 5.41) is 9.84. The fraction of sp³-hybridized carbons (Fsp3) is 0.385. The predicted molar refractivity (Wildman–Crippen MR) is 71.4 cm³/mol. The van der Waals surface area contributed by atoms with Crippen LogP contribution in [0.1, 0.15) is 19.4 Å². The van der Waals surface area contributed by atoms with E-state index >= 15 is 0 Å². The maximum Gasteiger partial charge on any atom is 0.124 e. The van der Waals surface area contributed by atoms with Crippen molar-refractivity contribution in [3.63, 3.8) is 0 Å². The average Bonchev–Trinajstić information content (AvgIpc) is 2.29. The molecule has 0 amide bonds. The molecule has 16 heavy (non-hydrogen) atoms. The van der Waals surface area contributed by atoms with E-state index in [0.717, 1.165) is 24.3 Å². The Bertz CT molecular complexity index is 359. The molecule has 0 unspecified atom stereocenters. The van der Waals surface area contributed by atoms with Gasteiger partial charge in [0.15, 0.2) is 0 Å². The van der Waals surface area contributed by atoms with Crippen LogP contribution in [0, 0.1) is 0 Å². The number of phenols is 1. The molecule has 1 N–H and O–H groups in total. The third kappa shape index (κ3) is 3.17. The summed E-state index contributed by atoms with van der Waals surface area (Å²) >= 11 is 5.55. The first-order valence-corrected chi connectivity index (χ1v) is 6.06. The van der Waals surface area contributed by atoms with Crippen molar-refractivity contribution in [2.75, 3.05) is 23.9 Å². The van der Waals surface area contributed by atoms with E-state index in [0.29, 0.717) is 11.6 Å². The van der Waals surface area contributed by atoms with Crippen molar-refractivity contribution in [1.82, 2.24) is 0 Å². The molecule has 0 fully saturated rings. The van der Waals surface area contributed by atoms with E-state index in [-0.39, 0.29) is 0 Å². The van der Waals surface area contributed by atoms with Crippen LogP contribution in [0.25, 0.3) is 6.08 Å². The first-order valence-electron chi connectivity index (χ1n) is 5.53. The molecule has 2 nitrogen and oxygen atoms in total. The summed E-state index contributed by atoms with van der Waals surface area (Å²) in [6.45, 7) is 6.07. The summed E-state index contributed by atoms with van der Waals surface area (Å²) < 4.78 is 0. The second-order valence-electron chi connectivity index (χ2n) is 3.47. The maximum atomic E-state index is 9.84. The molecule has 0 aromatic heterocycles. The van der Waals surface area contributed by atoms with Crippen LogP contribution in [0.5, 0.6) is 5.75 Å². The summed E-state index contributed by atoms with van der Waals surface area (Å²) in [6, 6.07) is 5.72. The Kier molecular flexibility index (Phi) is 5.20. The minimum atomic E-state index is 0.297. The Morgan fingerprint density at radius 3 is 2.50 bits per heavy atom. The summed E-state index contributed by atoms with van der Waals surface area (Å²) in [7, 11) is 0. The SMILES string of the molecule is CCN(CC)c1ccc(C=CCCl)c(O)c1. The van der Waals surface area contributed by atoms with Gasteiger partial charge in [-0.3, -0.25) is 0 Å². The molecule has 1 rings (SSSR count). The van der Waals surface area contributed by atoms with Gasteiger partial charge in [0, 0.05) is 36.3 Å². The molecule has 1 aromatic rings. The number of alkyl halides is 1. The maximum absolute atomic E-state index is 9.84. The number of rotatable bonds is 5. The lowest BCUT2D eigenvalue weighted by Crippen LogP contribution is -2.21. The Labute approximate surface area is 102 Å². The molecule has 0 aliphatic rings. The number of benzene rings is 1. The lowest BCUT2D eigenvalue weighted by Gasteiger charge is -2.21. The van der Waals surface area contributed by atoms with Gasteiger partial charge >= 0.3 is 0 Å². The van der Waals surface area contributed by atoms with Crippen LogP contribution in [0.2, 0.25) is 0 Å². The Morgan fingerprint density at radius 2 is 2.00 bits per heavy atom. The smallest absolute Gasteiger partial charge is 0.124 e. The standard InChI is InChI=1S/C13H18ClNO/c1-3-15(4-2)12-8-7-11(6-5-9-14)13(16)10-12/h5-8,10,16H,3-4,9H2,1-2H3. The van der Waals surface area contributed by atoms with Gasteiger partial charge < -0.3 is 10.0 Å². The van der Waals surface area contributed by atoms with Gasteiger partial charge in [-0.15, -0.1) is 11.6 Å². The van der Waals surface area contributed by atoms with Crippen molar-refractivity contribution in [3.05, 3.63) is 29.8 Å². The van der Waals surface area contributed by atoms with Crippen molar-refractivity contribution < 1.29 is 5.11 Å². The number of allylic oxidation sites excluding steroid dienone is 1. The third-order valence-electron chi connectivity index (χ3n) is 2.53. The van der Waals surface area contributed by atoms with Crippen LogP contribution in [0.15, 0.2) is 24.3 Å². The molecule has 0 saturated carbocycles. The zero-order valence-electron chi connectivity index (χ0n) is 9.78. The summed E-state index contributed by atoms with van der Waals surface area (Å²) in [5.41, 5.74) is 1.85. The van der Waals surface area contributed by atoms with Crippen LogP contribution >= 0.6 is 11.6 Å².